The zero-order chi connectivity index (χ0) is 18.4. The zero-order valence-electron chi connectivity index (χ0n) is 15.0. The SMILES string of the molecule is N#Cc1ccc(CN2CC[C@@]34O[C@@H](c5ccccc5)CN3C(=O)C[C@@H]24)cc1. The van der Waals surface area contributed by atoms with Gasteiger partial charge in [0.15, 0.2) is 5.72 Å². The summed E-state index contributed by atoms with van der Waals surface area (Å²) in [4.78, 5) is 17.1. The number of nitrogens with zero attached hydrogens (tertiary/aromatic N) is 3. The van der Waals surface area contributed by atoms with Gasteiger partial charge in [0, 0.05) is 25.9 Å². The molecule has 0 radical (unpaired) electrons. The van der Waals surface area contributed by atoms with Gasteiger partial charge in [-0.1, -0.05) is 42.5 Å². The molecule has 136 valence electrons. The minimum absolute atomic E-state index is 0.0483. The Morgan fingerprint density at radius 1 is 1.15 bits per heavy atom. The van der Waals surface area contributed by atoms with Crippen LogP contribution in [0.5, 0.6) is 0 Å². The number of hydrogen-bond acceptors (Lipinski definition) is 4. The van der Waals surface area contributed by atoms with E-state index in [1.165, 1.54) is 0 Å². The highest BCUT2D eigenvalue weighted by molar-refractivity contribution is 5.81. The molecule has 3 aliphatic rings. The number of amides is 1. The third kappa shape index (κ3) is 2.56. The third-order valence-corrected chi connectivity index (χ3v) is 6.18. The van der Waals surface area contributed by atoms with E-state index in [-0.39, 0.29) is 18.1 Å². The minimum atomic E-state index is -0.482. The van der Waals surface area contributed by atoms with Gasteiger partial charge in [-0.05, 0) is 23.3 Å². The molecule has 3 aliphatic heterocycles. The summed E-state index contributed by atoms with van der Waals surface area (Å²) in [6.45, 7) is 2.33. The van der Waals surface area contributed by atoms with Crippen LogP contribution in [0.2, 0.25) is 0 Å². The quantitative estimate of drug-likeness (QED) is 0.846. The van der Waals surface area contributed by atoms with Crippen molar-refractivity contribution in [3.63, 3.8) is 0 Å². The molecule has 0 unspecified atom stereocenters. The first kappa shape index (κ1) is 16.5. The molecule has 2 aromatic rings. The van der Waals surface area contributed by atoms with Crippen molar-refractivity contribution in [1.82, 2.24) is 9.80 Å². The number of carbonyl (C=O) groups is 1. The van der Waals surface area contributed by atoms with E-state index >= 15 is 0 Å². The molecule has 5 heteroatoms. The highest BCUT2D eigenvalue weighted by Crippen LogP contribution is 2.50. The van der Waals surface area contributed by atoms with Gasteiger partial charge in [0.1, 0.15) is 6.10 Å². The summed E-state index contributed by atoms with van der Waals surface area (Å²) in [6.07, 6.45) is 1.33. The number of likely N-dealkylation sites (tertiary alicyclic amines) is 1. The number of rotatable bonds is 3. The zero-order valence-corrected chi connectivity index (χ0v) is 15.0. The largest absolute Gasteiger partial charge is 0.344 e. The molecule has 2 aromatic carbocycles. The molecule has 27 heavy (non-hydrogen) atoms. The van der Waals surface area contributed by atoms with Crippen molar-refractivity contribution in [3.05, 3.63) is 71.3 Å². The van der Waals surface area contributed by atoms with Crippen molar-refractivity contribution in [2.24, 2.45) is 0 Å². The first-order valence-electron chi connectivity index (χ1n) is 9.46. The molecule has 0 N–H and O–H groups in total. The lowest BCUT2D eigenvalue weighted by molar-refractivity contribution is -0.138. The standard InChI is InChI=1S/C22H21N3O2/c23-13-16-6-8-17(9-7-16)14-24-11-10-22-20(24)12-21(26)25(22)15-19(27-22)18-4-2-1-3-5-18/h1-9,19-20H,10-12,14-15H2/t19-,20-,22+/m1/s1. The van der Waals surface area contributed by atoms with Crippen LogP contribution >= 0.6 is 0 Å². The van der Waals surface area contributed by atoms with Crippen LogP contribution in [0.25, 0.3) is 0 Å². The average molecular weight is 359 g/mol. The summed E-state index contributed by atoms with van der Waals surface area (Å²) < 4.78 is 6.58. The van der Waals surface area contributed by atoms with Gasteiger partial charge in [-0.2, -0.15) is 5.26 Å². The van der Waals surface area contributed by atoms with Crippen LogP contribution in [0.1, 0.15) is 35.6 Å². The second kappa shape index (κ2) is 6.19. The Hall–Kier alpha value is -2.68. The molecule has 3 heterocycles. The Morgan fingerprint density at radius 2 is 1.93 bits per heavy atom. The molecule has 1 spiro atoms. The maximum atomic E-state index is 12.7. The minimum Gasteiger partial charge on any atom is -0.344 e. The molecular weight excluding hydrogens is 338 g/mol. The molecule has 3 atom stereocenters. The maximum Gasteiger partial charge on any atom is 0.226 e. The summed E-state index contributed by atoms with van der Waals surface area (Å²) in [6, 6.07) is 20.1. The van der Waals surface area contributed by atoms with E-state index < -0.39 is 5.72 Å². The first-order valence-corrected chi connectivity index (χ1v) is 9.46. The second-order valence-corrected chi connectivity index (χ2v) is 7.62. The number of hydrogen-bond donors (Lipinski definition) is 0. The monoisotopic (exact) mass is 359 g/mol. The van der Waals surface area contributed by atoms with Crippen molar-refractivity contribution in [1.29, 1.82) is 5.26 Å². The van der Waals surface area contributed by atoms with E-state index in [2.05, 4.69) is 23.1 Å². The lowest BCUT2D eigenvalue weighted by Gasteiger charge is -2.32. The molecule has 3 fully saturated rings. The number of nitriles is 1. The van der Waals surface area contributed by atoms with Crippen LogP contribution in [-0.2, 0) is 16.1 Å². The van der Waals surface area contributed by atoms with Crippen molar-refractivity contribution >= 4 is 5.91 Å². The molecule has 3 saturated heterocycles. The van der Waals surface area contributed by atoms with Gasteiger partial charge in [0.25, 0.3) is 0 Å². The number of ether oxygens (including phenoxy) is 1. The fourth-order valence-corrected chi connectivity index (χ4v) is 4.86. The van der Waals surface area contributed by atoms with E-state index in [0.29, 0.717) is 18.5 Å². The Balaban J connectivity index is 1.38. The summed E-state index contributed by atoms with van der Waals surface area (Å²) in [5, 5.41) is 8.97. The third-order valence-electron chi connectivity index (χ3n) is 6.18. The van der Waals surface area contributed by atoms with Gasteiger partial charge < -0.3 is 9.64 Å². The van der Waals surface area contributed by atoms with Crippen molar-refractivity contribution < 1.29 is 9.53 Å². The van der Waals surface area contributed by atoms with Crippen LogP contribution in [0.3, 0.4) is 0 Å². The molecule has 0 aromatic heterocycles. The van der Waals surface area contributed by atoms with Gasteiger partial charge in [-0.25, -0.2) is 0 Å². The van der Waals surface area contributed by atoms with Gasteiger partial charge >= 0.3 is 0 Å². The van der Waals surface area contributed by atoms with Crippen LogP contribution < -0.4 is 0 Å². The lowest BCUT2D eigenvalue weighted by atomic mass is 10.1. The Morgan fingerprint density at radius 3 is 2.67 bits per heavy atom. The van der Waals surface area contributed by atoms with Crippen LogP contribution in [0, 0.1) is 11.3 Å². The second-order valence-electron chi connectivity index (χ2n) is 7.62. The van der Waals surface area contributed by atoms with E-state index in [1.807, 2.05) is 47.4 Å². The van der Waals surface area contributed by atoms with Gasteiger partial charge in [0.05, 0.1) is 24.2 Å². The number of benzene rings is 2. The number of carbonyl (C=O) groups excluding carboxylic acids is 1. The predicted molar refractivity (Wildman–Crippen MR) is 99.3 cm³/mol. The van der Waals surface area contributed by atoms with Crippen molar-refractivity contribution in [3.8, 4) is 6.07 Å². The van der Waals surface area contributed by atoms with E-state index in [4.69, 9.17) is 10.00 Å². The van der Waals surface area contributed by atoms with E-state index in [0.717, 1.165) is 30.6 Å². The molecule has 1 amide bonds. The Labute approximate surface area is 158 Å². The predicted octanol–water partition coefficient (Wildman–Crippen LogP) is 2.83. The smallest absolute Gasteiger partial charge is 0.226 e. The van der Waals surface area contributed by atoms with Gasteiger partial charge in [-0.15, -0.1) is 0 Å². The molecule has 0 saturated carbocycles. The molecule has 5 rings (SSSR count). The fraction of sp³-hybridized carbons (Fsp3) is 0.364. The highest BCUT2D eigenvalue weighted by Gasteiger charge is 2.63. The van der Waals surface area contributed by atoms with Crippen LogP contribution in [0.4, 0.5) is 0 Å². The van der Waals surface area contributed by atoms with E-state index in [1.54, 1.807) is 0 Å². The maximum absolute atomic E-state index is 12.7. The average Bonchev–Trinajstić information content (AvgIpc) is 3.33. The van der Waals surface area contributed by atoms with Gasteiger partial charge in [-0.3, -0.25) is 9.69 Å². The van der Waals surface area contributed by atoms with E-state index in [9.17, 15) is 4.79 Å². The normalized spacial score (nSPS) is 29.6. The molecule has 5 nitrogen and oxygen atoms in total. The molecule has 0 bridgehead atoms. The highest BCUT2D eigenvalue weighted by atomic mass is 16.5. The summed E-state index contributed by atoms with van der Waals surface area (Å²) >= 11 is 0. The molecule has 0 aliphatic carbocycles. The summed E-state index contributed by atoms with van der Waals surface area (Å²) in [7, 11) is 0. The van der Waals surface area contributed by atoms with Crippen molar-refractivity contribution in [2.75, 3.05) is 13.1 Å². The van der Waals surface area contributed by atoms with Gasteiger partial charge in [0.2, 0.25) is 5.91 Å². The topological polar surface area (TPSA) is 56.6 Å². The Kier molecular flexibility index (Phi) is 3.78. The van der Waals surface area contributed by atoms with Crippen LogP contribution in [-0.4, -0.2) is 40.6 Å². The first-order chi connectivity index (χ1) is 13.2. The Bertz CT molecular complexity index is 905. The summed E-state index contributed by atoms with van der Waals surface area (Å²) in [5.74, 6) is 0.197. The fourth-order valence-electron chi connectivity index (χ4n) is 4.86. The summed E-state index contributed by atoms with van der Waals surface area (Å²) in [5.41, 5.74) is 2.49. The van der Waals surface area contributed by atoms with Crippen molar-refractivity contribution in [2.45, 2.75) is 37.3 Å². The lowest BCUT2D eigenvalue weighted by Crippen LogP contribution is -2.47. The van der Waals surface area contributed by atoms with Crippen LogP contribution in [0.15, 0.2) is 54.6 Å². The molecular formula is C22H21N3O2.